The van der Waals surface area contributed by atoms with E-state index in [0.717, 1.165) is 66.3 Å². The zero-order valence-corrected chi connectivity index (χ0v) is 35.3. The molecule has 0 bridgehead atoms. The standard InChI is InChI=1S/C46H70N2O6P/c1-5-44-27-17-29-48-30-28-45(40(44)48)37-26-25-33(52-3)32-38(37)47(2)41(45)46(51,43(50)53-4)42(44)54-39(49)24-15-16-31-55(34-18-9-6-10-19-34,35-20-11-7-12-21-35)36-22-13-8-14-23-36/h17,25-27,32,34-36,40-42,51H,5-16,18-24,28-31H2,1-4H3/q+1/t40-,41+,42+,44+,45+,46-/m0/s1. The Morgan fingerprint density at radius 3 is 2.05 bits per heavy atom. The van der Waals surface area contributed by atoms with Crippen LogP contribution in [0.25, 0.3) is 0 Å². The van der Waals surface area contributed by atoms with Gasteiger partial charge in [0, 0.05) is 55.9 Å². The summed E-state index contributed by atoms with van der Waals surface area (Å²) in [5.41, 5.74) is 1.40. The molecule has 3 heterocycles. The molecule has 1 aromatic rings. The van der Waals surface area contributed by atoms with Crippen LogP contribution in [0.15, 0.2) is 30.4 Å². The van der Waals surface area contributed by atoms with Gasteiger partial charge in [0.15, 0.2) is 6.10 Å². The van der Waals surface area contributed by atoms with Gasteiger partial charge in [-0.05, 0) is 121 Å². The van der Waals surface area contributed by atoms with Gasteiger partial charge in [0.1, 0.15) is 5.75 Å². The van der Waals surface area contributed by atoms with Gasteiger partial charge in [0.05, 0.1) is 43.4 Å². The highest BCUT2D eigenvalue weighted by atomic mass is 31.2. The van der Waals surface area contributed by atoms with Crippen molar-refractivity contribution in [3.8, 4) is 5.75 Å². The molecule has 1 saturated heterocycles. The third-order valence-electron chi connectivity index (χ3n) is 16.5. The van der Waals surface area contributed by atoms with Crippen LogP contribution in [0, 0.1) is 5.41 Å². The van der Waals surface area contributed by atoms with E-state index in [4.69, 9.17) is 14.2 Å². The minimum absolute atomic E-state index is 0.0632. The Morgan fingerprint density at radius 2 is 1.49 bits per heavy atom. The summed E-state index contributed by atoms with van der Waals surface area (Å²) < 4.78 is 17.9. The molecule has 0 unspecified atom stereocenters. The fraction of sp³-hybridized carbons (Fsp3) is 0.783. The van der Waals surface area contributed by atoms with Gasteiger partial charge in [-0.15, -0.1) is 0 Å². The molecule has 5 fully saturated rings. The zero-order chi connectivity index (χ0) is 38.4. The van der Waals surface area contributed by atoms with Crippen LogP contribution in [-0.2, 0) is 24.5 Å². The number of fused-ring (bicyclic) bond motifs is 1. The highest BCUT2D eigenvalue weighted by molar-refractivity contribution is 7.77. The number of hydrogen-bond acceptors (Lipinski definition) is 8. The third kappa shape index (κ3) is 6.14. The molecule has 55 heavy (non-hydrogen) atoms. The number of hydrogen-bond donors (Lipinski definition) is 1. The van der Waals surface area contributed by atoms with Crippen molar-refractivity contribution < 1.29 is 28.9 Å². The molecule has 4 saturated carbocycles. The number of rotatable bonds is 12. The number of benzene rings is 1. The lowest BCUT2D eigenvalue weighted by molar-refractivity contribution is -0.229. The molecular formula is C46H70N2O6P+. The number of ether oxygens (including phenoxy) is 3. The van der Waals surface area contributed by atoms with E-state index in [1.54, 1.807) is 7.11 Å². The lowest BCUT2D eigenvalue weighted by Crippen LogP contribution is -2.81. The Balaban J connectivity index is 1.08. The molecule has 1 spiro atoms. The summed E-state index contributed by atoms with van der Waals surface area (Å²) >= 11 is 0. The van der Waals surface area contributed by atoms with Gasteiger partial charge in [0.2, 0.25) is 5.60 Å². The van der Waals surface area contributed by atoms with E-state index in [1.165, 1.54) is 110 Å². The Bertz CT molecular complexity index is 1540. The Morgan fingerprint density at radius 1 is 0.873 bits per heavy atom. The van der Waals surface area contributed by atoms with E-state index in [9.17, 15) is 14.7 Å². The van der Waals surface area contributed by atoms with E-state index in [0.29, 0.717) is 12.8 Å². The molecule has 8 nitrogen and oxygen atoms in total. The Hall–Kier alpha value is -2.15. The molecule has 304 valence electrons. The highest BCUT2D eigenvalue weighted by Crippen LogP contribution is 2.77. The van der Waals surface area contributed by atoms with Gasteiger partial charge in [-0.3, -0.25) is 9.69 Å². The van der Waals surface area contributed by atoms with Gasteiger partial charge < -0.3 is 24.2 Å². The number of unbranched alkanes of at least 4 members (excludes halogenated alkanes) is 1. The van der Waals surface area contributed by atoms with Gasteiger partial charge in [-0.1, -0.05) is 44.4 Å². The van der Waals surface area contributed by atoms with Crippen LogP contribution >= 0.6 is 7.26 Å². The summed E-state index contributed by atoms with van der Waals surface area (Å²) in [5, 5.41) is 13.3. The third-order valence-corrected chi connectivity index (χ3v) is 23.2. The first kappa shape index (κ1) is 39.7. The summed E-state index contributed by atoms with van der Waals surface area (Å²) in [6.45, 7) is 3.75. The first-order valence-corrected chi connectivity index (χ1v) is 24.6. The van der Waals surface area contributed by atoms with Crippen LogP contribution in [0.1, 0.15) is 141 Å². The molecule has 3 aliphatic heterocycles. The van der Waals surface area contributed by atoms with Crippen molar-refractivity contribution >= 4 is 24.9 Å². The monoisotopic (exact) mass is 777 g/mol. The number of aliphatic hydroxyl groups is 1. The van der Waals surface area contributed by atoms with Crippen LogP contribution in [0.3, 0.4) is 0 Å². The highest BCUT2D eigenvalue weighted by Gasteiger charge is 2.80. The minimum atomic E-state index is -2.10. The normalized spacial score (nSPS) is 34.2. The molecule has 1 N–H and O–H groups in total. The summed E-state index contributed by atoms with van der Waals surface area (Å²) in [6.07, 6.45) is 29.5. The summed E-state index contributed by atoms with van der Waals surface area (Å²) in [4.78, 5) is 33.3. The average Bonchev–Trinajstić information content (AvgIpc) is 3.75. The Kier molecular flexibility index (Phi) is 11.5. The van der Waals surface area contributed by atoms with Crippen LogP contribution in [0.2, 0.25) is 0 Å². The summed E-state index contributed by atoms with van der Waals surface area (Å²) in [5.74, 6) is -0.299. The number of likely N-dealkylation sites (N-methyl/N-ethyl adjacent to an activating group) is 1. The van der Waals surface area contributed by atoms with Crippen molar-refractivity contribution in [2.45, 2.75) is 182 Å². The summed E-state index contributed by atoms with van der Waals surface area (Å²) in [7, 11) is 3.74. The van der Waals surface area contributed by atoms with Crippen molar-refractivity contribution in [1.82, 2.24) is 4.90 Å². The lowest BCUT2D eigenvalue weighted by Gasteiger charge is -2.63. The van der Waals surface area contributed by atoms with Crippen molar-refractivity contribution in [2.75, 3.05) is 45.4 Å². The molecule has 6 atom stereocenters. The smallest absolute Gasteiger partial charge is 0.344 e. The number of carbonyl (C=O) groups is 2. The van der Waals surface area contributed by atoms with Crippen molar-refractivity contribution in [2.24, 2.45) is 5.41 Å². The second-order valence-corrected chi connectivity index (χ2v) is 23.3. The van der Waals surface area contributed by atoms with E-state index < -0.39 is 41.8 Å². The van der Waals surface area contributed by atoms with E-state index in [2.05, 4.69) is 34.9 Å². The van der Waals surface area contributed by atoms with Crippen LogP contribution in [0.4, 0.5) is 5.69 Å². The van der Waals surface area contributed by atoms with Crippen LogP contribution in [-0.4, -0.2) is 103 Å². The molecular weight excluding hydrogens is 707 g/mol. The van der Waals surface area contributed by atoms with Gasteiger partial charge in [0.25, 0.3) is 0 Å². The fourth-order valence-electron chi connectivity index (χ4n) is 14.5. The quantitative estimate of drug-likeness (QED) is 0.0976. The number of nitrogens with zero attached hydrogens (tertiary/aromatic N) is 2. The van der Waals surface area contributed by atoms with E-state index in [1.807, 2.05) is 19.2 Å². The van der Waals surface area contributed by atoms with E-state index in [-0.39, 0.29) is 12.0 Å². The second-order valence-electron chi connectivity index (χ2n) is 18.7. The maximum Gasteiger partial charge on any atom is 0.344 e. The molecule has 4 aliphatic carbocycles. The number of anilines is 1. The molecule has 7 aliphatic rings. The molecule has 0 amide bonds. The maximum atomic E-state index is 14.4. The number of methoxy groups -OCH3 is 2. The first-order chi connectivity index (χ1) is 26.7. The second kappa shape index (κ2) is 15.9. The number of esters is 2. The predicted octanol–water partition coefficient (Wildman–Crippen LogP) is 8.81. The van der Waals surface area contributed by atoms with Gasteiger partial charge >= 0.3 is 11.9 Å². The van der Waals surface area contributed by atoms with Crippen molar-refractivity contribution in [1.29, 1.82) is 0 Å². The largest absolute Gasteiger partial charge is 0.497 e. The zero-order valence-electron chi connectivity index (χ0n) is 34.4. The molecule has 8 rings (SSSR count). The van der Waals surface area contributed by atoms with Gasteiger partial charge in [-0.25, -0.2) is 4.79 Å². The first-order valence-electron chi connectivity index (χ1n) is 22.4. The van der Waals surface area contributed by atoms with Crippen LogP contribution in [0.5, 0.6) is 5.75 Å². The fourth-order valence-corrected chi connectivity index (χ4v) is 22.1. The molecule has 0 aromatic heterocycles. The average molecular weight is 778 g/mol. The predicted molar refractivity (Wildman–Crippen MR) is 222 cm³/mol. The van der Waals surface area contributed by atoms with Gasteiger partial charge in [-0.2, -0.15) is 0 Å². The van der Waals surface area contributed by atoms with E-state index >= 15 is 0 Å². The molecule has 1 aromatic carbocycles. The minimum Gasteiger partial charge on any atom is -0.497 e. The summed E-state index contributed by atoms with van der Waals surface area (Å²) in [6, 6.07) is 5.41. The topological polar surface area (TPSA) is 88.5 Å². The Labute approximate surface area is 331 Å². The van der Waals surface area contributed by atoms with Crippen molar-refractivity contribution in [3.05, 3.63) is 35.9 Å². The van der Waals surface area contributed by atoms with Crippen molar-refractivity contribution in [3.63, 3.8) is 0 Å². The molecule has 9 heteroatoms. The lowest BCUT2D eigenvalue weighted by atomic mass is 9.47. The SMILES string of the molecule is CC[C@]12C=CCN3CC[C@@]4(c5ccc(OC)cc5N(C)[C@H]4[C@@](O)(C(=O)OC)[C@@H]1OC(=O)CCCC[P+](C1CCCCC1)(C1CCCCC1)C1CCCCC1)[C@@H]32. The molecule has 0 radical (unpaired) electrons. The maximum absolute atomic E-state index is 14.4. The van der Waals surface area contributed by atoms with Crippen LogP contribution < -0.4 is 9.64 Å². The number of carbonyl (C=O) groups excluding carboxylic acids is 2.